The van der Waals surface area contributed by atoms with Crippen molar-refractivity contribution in [3.63, 3.8) is 0 Å². The molecule has 0 aliphatic carbocycles. The molecule has 0 saturated heterocycles. The molecule has 0 unspecified atom stereocenters. The molecule has 1 aromatic heterocycles. The Morgan fingerprint density at radius 2 is 1.81 bits per heavy atom. The molecular weight excluding hydrogens is 354 g/mol. The molecule has 1 aliphatic heterocycles. The summed E-state index contributed by atoms with van der Waals surface area (Å²) in [6, 6.07) is 12.8. The molecule has 4 rings (SSSR count). The third-order valence-electron chi connectivity index (χ3n) is 3.79. The van der Waals surface area contributed by atoms with Crippen LogP contribution < -0.4 is 11.1 Å². The number of phenolic OH excluding ortho intramolecular Hbond substituents is 1. The Hall–Kier alpha value is -3.39. The molecule has 2 aromatic carbocycles. The van der Waals surface area contributed by atoms with Gasteiger partial charge in [0.2, 0.25) is 0 Å². The number of nitrogens with zero attached hydrogens (tertiary/aromatic N) is 2. The molecule has 128 valence electrons. The van der Waals surface area contributed by atoms with Crippen LogP contribution in [0.5, 0.6) is 5.75 Å². The van der Waals surface area contributed by atoms with Crippen molar-refractivity contribution in [2.75, 3.05) is 0 Å². The normalized spacial score (nSPS) is 15.6. The minimum absolute atomic E-state index is 0.0750. The van der Waals surface area contributed by atoms with Crippen LogP contribution in [0.4, 0.5) is 0 Å². The number of aromatic nitrogens is 2. The van der Waals surface area contributed by atoms with Gasteiger partial charge in [-0.15, -0.1) is 0 Å². The Morgan fingerprint density at radius 3 is 2.58 bits per heavy atom. The lowest BCUT2D eigenvalue weighted by Crippen LogP contribution is -2.33. The van der Waals surface area contributed by atoms with Crippen LogP contribution in [-0.2, 0) is 4.79 Å². The van der Waals surface area contributed by atoms with E-state index in [4.69, 9.17) is 0 Å². The van der Waals surface area contributed by atoms with Crippen molar-refractivity contribution in [1.29, 1.82) is 0 Å². The monoisotopic (exact) mass is 365 g/mol. The van der Waals surface area contributed by atoms with Crippen molar-refractivity contribution in [2.45, 2.75) is 0 Å². The molecular formula is C18H11N3O4S. The number of thioether (sulfide) groups is 1. The van der Waals surface area contributed by atoms with E-state index in [1.807, 2.05) is 0 Å². The van der Waals surface area contributed by atoms with Gasteiger partial charge in [0.1, 0.15) is 5.75 Å². The molecule has 0 radical (unpaired) electrons. The molecule has 2 N–H and O–H groups in total. The number of H-pyrrole nitrogens is 1. The minimum Gasteiger partial charge on any atom is -0.508 e. The van der Waals surface area contributed by atoms with Crippen molar-refractivity contribution in [1.82, 2.24) is 9.78 Å². The van der Waals surface area contributed by atoms with Gasteiger partial charge in [-0.1, -0.05) is 24.3 Å². The molecule has 1 amide bonds. The number of aromatic hydroxyl groups is 1. The zero-order valence-electron chi connectivity index (χ0n) is 13.2. The molecule has 0 fully saturated rings. The summed E-state index contributed by atoms with van der Waals surface area (Å²) in [4.78, 5) is 41.1. The summed E-state index contributed by atoms with van der Waals surface area (Å²) in [5, 5.41) is 12.6. The van der Waals surface area contributed by atoms with E-state index in [2.05, 4.69) is 10.1 Å². The molecule has 0 bridgehead atoms. The second-order valence-electron chi connectivity index (χ2n) is 5.53. The van der Waals surface area contributed by atoms with Crippen LogP contribution in [0.25, 0.3) is 16.8 Å². The number of benzene rings is 2. The second kappa shape index (κ2) is 6.16. The largest absolute Gasteiger partial charge is 0.508 e. The molecule has 0 atom stereocenters. The third kappa shape index (κ3) is 2.76. The number of amides is 1. The molecule has 0 saturated carbocycles. The average Bonchev–Trinajstić information content (AvgIpc) is 2.98. The summed E-state index contributed by atoms with van der Waals surface area (Å²) < 4.78 is 0.983. The van der Waals surface area contributed by atoms with E-state index in [1.54, 1.807) is 42.5 Å². The van der Waals surface area contributed by atoms with E-state index in [9.17, 15) is 19.5 Å². The highest BCUT2D eigenvalue weighted by molar-refractivity contribution is 8.18. The van der Waals surface area contributed by atoms with Gasteiger partial charge in [-0.3, -0.25) is 19.5 Å². The lowest BCUT2D eigenvalue weighted by atomic mass is 10.2. The van der Waals surface area contributed by atoms with Gasteiger partial charge in [0.25, 0.3) is 17.0 Å². The Bertz CT molecular complexity index is 1240. The molecule has 3 aromatic rings. The number of phenols is 1. The fourth-order valence-corrected chi connectivity index (χ4v) is 3.47. The van der Waals surface area contributed by atoms with Crippen LogP contribution in [0.2, 0.25) is 0 Å². The predicted molar refractivity (Wildman–Crippen MR) is 100 cm³/mol. The summed E-state index contributed by atoms with van der Waals surface area (Å²) in [6.45, 7) is 0. The number of carbonyl (C=O) groups excluding carboxylic acids is 1. The first-order valence-corrected chi connectivity index (χ1v) is 8.40. The number of carbonyl (C=O) groups is 1. The van der Waals surface area contributed by atoms with E-state index in [0.29, 0.717) is 5.56 Å². The van der Waals surface area contributed by atoms with E-state index < -0.39 is 17.0 Å². The number of rotatable bonds is 1. The van der Waals surface area contributed by atoms with Gasteiger partial charge in [-0.2, -0.15) is 9.67 Å². The van der Waals surface area contributed by atoms with Crippen molar-refractivity contribution < 1.29 is 9.90 Å². The summed E-state index contributed by atoms with van der Waals surface area (Å²) in [7, 11) is 0. The van der Waals surface area contributed by atoms with Crippen molar-refractivity contribution >= 4 is 39.7 Å². The Balaban J connectivity index is 1.77. The fraction of sp³-hybridized carbons (Fsp3) is 0. The van der Waals surface area contributed by atoms with Gasteiger partial charge in [0, 0.05) is 0 Å². The predicted octanol–water partition coefficient (Wildman–Crippen LogP) is 1.91. The molecule has 26 heavy (non-hydrogen) atoms. The first-order chi connectivity index (χ1) is 12.5. The van der Waals surface area contributed by atoms with Gasteiger partial charge < -0.3 is 5.11 Å². The topological polar surface area (TPSA) is 105 Å². The molecule has 1 aliphatic rings. The molecule has 8 heteroatoms. The standard InChI is InChI=1S/C18H11N3O4S/c22-11-5-3-4-10(8-11)9-14-16(24)19-18(26-14)21-17(25)13-7-2-1-6-12(13)15(23)20-21/h1-9,22H,(H,20,23)/b14-9+. The van der Waals surface area contributed by atoms with E-state index >= 15 is 0 Å². The summed E-state index contributed by atoms with van der Waals surface area (Å²) >= 11 is 0.977. The third-order valence-corrected chi connectivity index (χ3v) is 4.76. The van der Waals surface area contributed by atoms with Crippen molar-refractivity contribution in [3.05, 3.63) is 79.7 Å². The number of nitrogens with one attached hydrogen (secondary N) is 1. The minimum atomic E-state index is -0.519. The quantitative estimate of drug-likeness (QED) is 0.641. The Morgan fingerprint density at radius 1 is 1.04 bits per heavy atom. The first-order valence-electron chi connectivity index (χ1n) is 7.59. The maximum Gasteiger partial charge on any atom is 0.286 e. The van der Waals surface area contributed by atoms with Gasteiger partial charge in [-0.25, -0.2) is 0 Å². The average molecular weight is 365 g/mol. The van der Waals surface area contributed by atoms with E-state index in [-0.39, 0.29) is 26.6 Å². The number of hydrogen-bond acceptors (Lipinski definition) is 5. The summed E-state index contributed by atoms with van der Waals surface area (Å²) in [6.07, 6.45) is 1.56. The number of hydrogen-bond donors (Lipinski definition) is 2. The first kappa shape index (κ1) is 16.1. The number of fused-ring (bicyclic) bond motifs is 1. The SMILES string of the molecule is O=C1N=C(n2[nH]c(=O)c3ccccc3c2=O)S/C1=C/c1cccc(O)c1. The Labute approximate surface area is 150 Å². The van der Waals surface area contributed by atoms with E-state index in [1.165, 1.54) is 12.1 Å². The molecule has 7 nitrogen and oxygen atoms in total. The lowest BCUT2D eigenvalue weighted by Gasteiger charge is -2.05. The highest BCUT2D eigenvalue weighted by Crippen LogP contribution is 2.29. The number of aliphatic imine (C=N–C) groups is 1. The van der Waals surface area contributed by atoms with Gasteiger partial charge in [0.05, 0.1) is 15.7 Å². The van der Waals surface area contributed by atoms with Gasteiger partial charge in [-0.05, 0) is 47.7 Å². The summed E-state index contributed by atoms with van der Waals surface area (Å²) in [5.74, 6) is -0.444. The maximum absolute atomic E-state index is 12.6. The van der Waals surface area contributed by atoms with Crippen molar-refractivity contribution in [3.8, 4) is 5.75 Å². The van der Waals surface area contributed by atoms with Crippen LogP contribution in [0.3, 0.4) is 0 Å². The second-order valence-corrected chi connectivity index (χ2v) is 6.54. The van der Waals surface area contributed by atoms with Crippen molar-refractivity contribution in [2.24, 2.45) is 4.99 Å². The zero-order chi connectivity index (χ0) is 18.3. The lowest BCUT2D eigenvalue weighted by molar-refractivity contribution is -0.113. The smallest absolute Gasteiger partial charge is 0.286 e. The van der Waals surface area contributed by atoms with Crippen LogP contribution in [0, 0.1) is 0 Å². The Kier molecular flexibility index (Phi) is 3.81. The molecule has 2 heterocycles. The highest BCUT2D eigenvalue weighted by atomic mass is 32.2. The van der Waals surface area contributed by atoms with Gasteiger partial charge >= 0.3 is 0 Å². The zero-order valence-corrected chi connectivity index (χ0v) is 14.0. The van der Waals surface area contributed by atoms with Crippen LogP contribution in [0.1, 0.15) is 5.56 Å². The number of aromatic amines is 1. The highest BCUT2D eigenvalue weighted by Gasteiger charge is 2.25. The van der Waals surface area contributed by atoms with Crippen LogP contribution in [-0.4, -0.2) is 26.0 Å². The summed E-state index contributed by atoms with van der Waals surface area (Å²) in [5.41, 5.74) is -0.282. The fourth-order valence-electron chi connectivity index (χ4n) is 2.59. The van der Waals surface area contributed by atoms with Gasteiger partial charge in [0.15, 0.2) is 5.17 Å². The molecule has 0 spiro atoms. The van der Waals surface area contributed by atoms with E-state index in [0.717, 1.165) is 16.4 Å². The maximum atomic E-state index is 12.6. The van der Waals surface area contributed by atoms with Crippen LogP contribution in [0.15, 0.2) is 68.0 Å². The van der Waals surface area contributed by atoms with Crippen LogP contribution >= 0.6 is 11.8 Å².